The third kappa shape index (κ3) is 3.60. The second kappa shape index (κ2) is 7.80. The van der Waals surface area contributed by atoms with Gasteiger partial charge in [0.1, 0.15) is 11.5 Å². The minimum Gasteiger partial charge on any atom is -0.494 e. The summed E-state index contributed by atoms with van der Waals surface area (Å²) in [6, 6.07) is 16.5. The molecule has 1 aliphatic heterocycles. The molecule has 0 amide bonds. The molecule has 28 heavy (non-hydrogen) atoms. The van der Waals surface area contributed by atoms with Crippen molar-refractivity contribution in [3.8, 4) is 11.5 Å². The lowest BCUT2D eigenvalue weighted by Crippen LogP contribution is -2.28. The van der Waals surface area contributed by atoms with Gasteiger partial charge in [-0.25, -0.2) is 4.68 Å². The third-order valence-electron chi connectivity index (χ3n) is 4.87. The Morgan fingerprint density at radius 1 is 0.964 bits per heavy atom. The third-order valence-corrected chi connectivity index (χ3v) is 4.87. The van der Waals surface area contributed by atoms with Gasteiger partial charge >= 0.3 is 0 Å². The zero-order valence-electron chi connectivity index (χ0n) is 16.1. The van der Waals surface area contributed by atoms with Crippen molar-refractivity contribution in [3.05, 3.63) is 59.7 Å². The van der Waals surface area contributed by atoms with Gasteiger partial charge in [-0.05, 0) is 55.7 Å². The quantitative estimate of drug-likeness (QED) is 0.677. The van der Waals surface area contributed by atoms with Crippen LogP contribution in [0.25, 0.3) is 0 Å². The fourth-order valence-corrected chi connectivity index (χ4v) is 3.61. The summed E-state index contributed by atoms with van der Waals surface area (Å²) in [5, 5.41) is 7.86. The summed E-state index contributed by atoms with van der Waals surface area (Å²) in [7, 11) is 0. The standard InChI is InChI=1S/C21H25N5O2/c1-3-27-16-9-5-14(6-10-16)18-13-19(26-21(23-18)24-20(22)25-26)15-7-11-17(12-8-15)28-4-2/h5-12,18-19H,3-4,13H2,1-2H3,(H3,22,23,24,25)/t18-,19-/m0/s1. The molecule has 4 rings (SSSR count). The molecule has 0 spiro atoms. The van der Waals surface area contributed by atoms with Crippen molar-refractivity contribution in [1.82, 2.24) is 14.8 Å². The molecule has 0 aliphatic carbocycles. The number of fused-ring (bicyclic) bond motifs is 1. The molecule has 0 saturated heterocycles. The van der Waals surface area contributed by atoms with Gasteiger partial charge in [-0.15, -0.1) is 5.10 Å². The summed E-state index contributed by atoms with van der Waals surface area (Å²) < 4.78 is 13.0. The Bertz CT molecular complexity index is 921. The molecule has 0 fully saturated rings. The van der Waals surface area contributed by atoms with E-state index in [0.29, 0.717) is 19.2 Å². The average molecular weight is 379 g/mol. The first-order chi connectivity index (χ1) is 13.7. The molecule has 7 nitrogen and oxygen atoms in total. The molecule has 0 unspecified atom stereocenters. The van der Waals surface area contributed by atoms with E-state index in [1.54, 1.807) is 0 Å². The molecule has 0 saturated carbocycles. The summed E-state index contributed by atoms with van der Waals surface area (Å²) >= 11 is 0. The Morgan fingerprint density at radius 2 is 1.54 bits per heavy atom. The highest BCUT2D eigenvalue weighted by Crippen LogP contribution is 2.38. The molecule has 0 radical (unpaired) electrons. The Hall–Kier alpha value is -3.22. The number of benzene rings is 2. The van der Waals surface area contributed by atoms with Crippen molar-refractivity contribution >= 4 is 11.9 Å². The molecule has 3 N–H and O–H groups in total. The number of rotatable bonds is 6. The van der Waals surface area contributed by atoms with Crippen molar-refractivity contribution in [1.29, 1.82) is 0 Å². The normalized spacial score (nSPS) is 18.2. The van der Waals surface area contributed by atoms with Gasteiger partial charge < -0.3 is 20.5 Å². The highest BCUT2D eigenvalue weighted by atomic mass is 16.5. The van der Waals surface area contributed by atoms with E-state index >= 15 is 0 Å². The number of anilines is 2. The number of nitrogens with two attached hydrogens (primary N) is 1. The number of ether oxygens (including phenoxy) is 2. The first-order valence-corrected chi connectivity index (χ1v) is 9.62. The van der Waals surface area contributed by atoms with Gasteiger partial charge in [0.05, 0.1) is 25.3 Å². The van der Waals surface area contributed by atoms with E-state index in [0.717, 1.165) is 23.5 Å². The van der Waals surface area contributed by atoms with Crippen LogP contribution in [0, 0.1) is 0 Å². The molecular formula is C21H25N5O2. The van der Waals surface area contributed by atoms with Gasteiger partial charge in [-0.3, -0.25) is 0 Å². The van der Waals surface area contributed by atoms with E-state index in [4.69, 9.17) is 15.2 Å². The first-order valence-electron chi connectivity index (χ1n) is 9.62. The van der Waals surface area contributed by atoms with Gasteiger partial charge in [-0.1, -0.05) is 24.3 Å². The maximum absolute atomic E-state index is 5.88. The Labute approximate surface area is 164 Å². The van der Waals surface area contributed by atoms with Gasteiger partial charge in [0, 0.05) is 0 Å². The smallest absolute Gasteiger partial charge is 0.241 e. The van der Waals surface area contributed by atoms with Crippen molar-refractivity contribution in [2.75, 3.05) is 24.3 Å². The van der Waals surface area contributed by atoms with Crippen LogP contribution in [0.1, 0.15) is 43.5 Å². The lowest BCUT2D eigenvalue weighted by atomic mass is 9.93. The van der Waals surface area contributed by atoms with Gasteiger partial charge in [0.2, 0.25) is 11.9 Å². The summed E-state index contributed by atoms with van der Waals surface area (Å²) in [5.74, 6) is 2.69. The molecule has 7 heteroatoms. The number of hydrogen-bond acceptors (Lipinski definition) is 6. The zero-order chi connectivity index (χ0) is 19.5. The number of nitrogens with one attached hydrogen (secondary N) is 1. The average Bonchev–Trinajstić information content (AvgIpc) is 3.09. The predicted octanol–water partition coefficient (Wildman–Crippen LogP) is 3.80. The zero-order valence-corrected chi connectivity index (χ0v) is 16.1. The van der Waals surface area contributed by atoms with E-state index in [-0.39, 0.29) is 18.0 Å². The summed E-state index contributed by atoms with van der Waals surface area (Å²) in [6.45, 7) is 5.27. The van der Waals surface area contributed by atoms with E-state index in [1.165, 1.54) is 5.56 Å². The Balaban J connectivity index is 1.64. The second-order valence-electron chi connectivity index (χ2n) is 6.69. The Kier molecular flexibility index (Phi) is 5.06. The predicted molar refractivity (Wildman–Crippen MR) is 109 cm³/mol. The molecule has 146 valence electrons. The van der Waals surface area contributed by atoms with E-state index in [9.17, 15) is 0 Å². The summed E-state index contributed by atoms with van der Waals surface area (Å²) in [4.78, 5) is 4.37. The van der Waals surface area contributed by atoms with Crippen molar-refractivity contribution in [3.63, 3.8) is 0 Å². The summed E-state index contributed by atoms with van der Waals surface area (Å²) in [6.07, 6.45) is 0.831. The maximum atomic E-state index is 5.88. The van der Waals surface area contributed by atoms with Crippen LogP contribution in [0.5, 0.6) is 11.5 Å². The van der Waals surface area contributed by atoms with Crippen LogP contribution in [0.2, 0.25) is 0 Å². The number of aromatic nitrogens is 3. The van der Waals surface area contributed by atoms with E-state index in [2.05, 4.69) is 39.7 Å². The van der Waals surface area contributed by atoms with Crippen molar-refractivity contribution in [2.24, 2.45) is 0 Å². The van der Waals surface area contributed by atoms with Crippen LogP contribution in [0.4, 0.5) is 11.9 Å². The summed E-state index contributed by atoms with van der Waals surface area (Å²) in [5.41, 5.74) is 8.20. The number of hydrogen-bond donors (Lipinski definition) is 2. The molecule has 2 atom stereocenters. The lowest BCUT2D eigenvalue weighted by Gasteiger charge is -2.31. The fourth-order valence-electron chi connectivity index (χ4n) is 3.61. The van der Waals surface area contributed by atoms with Crippen LogP contribution >= 0.6 is 0 Å². The minimum absolute atomic E-state index is 0.0355. The van der Waals surface area contributed by atoms with Gasteiger partial charge in [-0.2, -0.15) is 4.98 Å². The van der Waals surface area contributed by atoms with Crippen LogP contribution in [-0.4, -0.2) is 28.0 Å². The lowest BCUT2D eigenvalue weighted by molar-refractivity contribution is 0.339. The molecule has 2 heterocycles. The SMILES string of the molecule is CCOc1ccc([C@@H]2C[C@@H](c3ccc(OCC)cc3)n3nc(N)nc3N2)cc1. The van der Waals surface area contributed by atoms with Gasteiger partial charge in [0.25, 0.3) is 0 Å². The highest BCUT2D eigenvalue weighted by molar-refractivity contribution is 5.43. The highest BCUT2D eigenvalue weighted by Gasteiger charge is 2.30. The van der Waals surface area contributed by atoms with Gasteiger partial charge in [0.15, 0.2) is 0 Å². The van der Waals surface area contributed by atoms with Crippen molar-refractivity contribution < 1.29 is 9.47 Å². The van der Waals surface area contributed by atoms with Crippen LogP contribution in [0.3, 0.4) is 0 Å². The molecule has 2 aromatic carbocycles. The molecule has 1 aromatic heterocycles. The molecule has 3 aromatic rings. The number of nitrogens with zero attached hydrogens (tertiary/aromatic N) is 3. The van der Waals surface area contributed by atoms with E-state index in [1.807, 2.05) is 42.8 Å². The maximum Gasteiger partial charge on any atom is 0.241 e. The van der Waals surface area contributed by atoms with Crippen LogP contribution < -0.4 is 20.5 Å². The minimum atomic E-state index is 0.0355. The topological polar surface area (TPSA) is 87.2 Å². The molecular weight excluding hydrogens is 354 g/mol. The second-order valence-corrected chi connectivity index (χ2v) is 6.69. The van der Waals surface area contributed by atoms with Crippen molar-refractivity contribution in [2.45, 2.75) is 32.4 Å². The number of nitrogen functional groups attached to an aromatic ring is 1. The Morgan fingerprint density at radius 3 is 2.11 bits per heavy atom. The molecule has 0 bridgehead atoms. The van der Waals surface area contributed by atoms with Crippen LogP contribution in [0.15, 0.2) is 48.5 Å². The van der Waals surface area contributed by atoms with E-state index < -0.39 is 0 Å². The van der Waals surface area contributed by atoms with Crippen LogP contribution in [-0.2, 0) is 0 Å². The monoisotopic (exact) mass is 379 g/mol. The first kappa shape index (κ1) is 18.2. The molecule has 1 aliphatic rings. The fraction of sp³-hybridized carbons (Fsp3) is 0.333. The largest absolute Gasteiger partial charge is 0.494 e.